The molecule has 1 radical (unpaired) electrons. The van der Waals surface area contributed by atoms with Crippen molar-refractivity contribution in [2.24, 2.45) is 0 Å². The first-order chi connectivity index (χ1) is 9.25. The number of hydrogen-bond donors (Lipinski definition) is 1. The molecule has 0 atom stereocenters. The zero-order valence-corrected chi connectivity index (χ0v) is 10.1. The topological polar surface area (TPSA) is 37.3 Å². The minimum atomic E-state index is -0.905. The smallest absolute Gasteiger partial charge is 0.335 e. The Labute approximate surface area is 110 Å². The van der Waals surface area contributed by atoms with Crippen LogP contribution in [0.15, 0.2) is 60.7 Å². The predicted molar refractivity (Wildman–Crippen MR) is 75.2 cm³/mol. The molecule has 0 saturated carbocycles. The van der Waals surface area contributed by atoms with Crippen molar-refractivity contribution in [2.75, 3.05) is 0 Å². The van der Waals surface area contributed by atoms with Crippen molar-refractivity contribution in [3.8, 4) is 11.1 Å². The monoisotopic (exact) mass is 247 g/mol. The molecule has 0 spiro atoms. The molecule has 0 unspecified atom stereocenters. The van der Waals surface area contributed by atoms with E-state index in [0.29, 0.717) is 5.56 Å². The molecular weight excluding hydrogens is 236 g/mol. The SMILES string of the molecule is O=C(O)c1ccc(-c2cccc3cc[c]cc23)cc1. The van der Waals surface area contributed by atoms with Crippen molar-refractivity contribution in [3.05, 3.63) is 72.3 Å². The first-order valence-corrected chi connectivity index (χ1v) is 5.98. The van der Waals surface area contributed by atoms with E-state index in [2.05, 4.69) is 12.1 Å². The van der Waals surface area contributed by atoms with Crippen LogP contribution in [0.2, 0.25) is 0 Å². The van der Waals surface area contributed by atoms with Gasteiger partial charge in [0.25, 0.3) is 0 Å². The van der Waals surface area contributed by atoms with Crippen LogP contribution >= 0.6 is 0 Å². The largest absolute Gasteiger partial charge is 0.478 e. The lowest BCUT2D eigenvalue weighted by Gasteiger charge is -2.07. The Morgan fingerprint density at radius 3 is 2.53 bits per heavy atom. The first-order valence-electron chi connectivity index (χ1n) is 5.98. The van der Waals surface area contributed by atoms with E-state index >= 15 is 0 Å². The van der Waals surface area contributed by atoms with Gasteiger partial charge in [-0.25, -0.2) is 4.79 Å². The fourth-order valence-electron chi connectivity index (χ4n) is 2.20. The average molecular weight is 247 g/mol. The highest BCUT2D eigenvalue weighted by molar-refractivity contribution is 5.97. The zero-order chi connectivity index (χ0) is 13.2. The molecule has 0 saturated heterocycles. The normalized spacial score (nSPS) is 10.5. The molecule has 0 fully saturated rings. The van der Waals surface area contributed by atoms with Crippen LogP contribution in [0, 0.1) is 6.07 Å². The standard InChI is InChI=1S/C17H11O2/c18-17(19)14-10-8-13(9-11-14)16-7-3-5-12-4-1-2-6-15(12)16/h1,3-11H,(H,18,19). The molecule has 0 aliphatic rings. The summed E-state index contributed by atoms with van der Waals surface area (Å²) in [5.41, 5.74) is 2.40. The summed E-state index contributed by atoms with van der Waals surface area (Å²) in [5.74, 6) is -0.905. The van der Waals surface area contributed by atoms with E-state index < -0.39 is 5.97 Å². The van der Waals surface area contributed by atoms with Gasteiger partial charge in [-0.1, -0.05) is 42.5 Å². The Balaban J connectivity index is 2.16. The van der Waals surface area contributed by atoms with Crippen LogP contribution in [0.3, 0.4) is 0 Å². The minimum Gasteiger partial charge on any atom is -0.478 e. The second kappa shape index (κ2) is 4.58. The number of carboxylic acids is 1. The Hall–Kier alpha value is -2.61. The van der Waals surface area contributed by atoms with Crippen LogP contribution in [-0.2, 0) is 0 Å². The van der Waals surface area contributed by atoms with Gasteiger partial charge < -0.3 is 5.11 Å². The molecule has 0 amide bonds. The maximum Gasteiger partial charge on any atom is 0.335 e. The number of aromatic carboxylic acids is 1. The highest BCUT2D eigenvalue weighted by Gasteiger charge is 2.05. The molecule has 0 heterocycles. The van der Waals surface area contributed by atoms with Crippen LogP contribution in [0.1, 0.15) is 10.4 Å². The lowest BCUT2D eigenvalue weighted by Crippen LogP contribution is -1.95. The Morgan fingerprint density at radius 2 is 1.79 bits per heavy atom. The van der Waals surface area contributed by atoms with Crippen LogP contribution < -0.4 is 0 Å². The Bertz CT molecular complexity index is 737. The number of benzene rings is 3. The number of rotatable bonds is 2. The van der Waals surface area contributed by atoms with Crippen molar-refractivity contribution in [2.45, 2.75) is 0 Å². The lowest BCUT2D eigenvalue weighted by atomic mass is 9.97. The van der Waals surface area contributed by atoms with E-state index in [1.807, 2.05) is 42.5 Å². The van der Waals surface area contributed by atoms with Gasteiger partial charge in [0.2, 0.25) is 0 Å². The molecule has 0 bridgehead atoms. The number of carboxylic acid groups (broad SMARTS) is 1. The summed E-state index contributed by atoms with van der Waals surface area (Å²) in [7, 11) is 0. The van der Waals surface area contributed by atoms with Gasteiger partial charge in [0.1, 0.15) is 0 Å². The van der Waals surface area contributed by atoms with Gasteiger partial charge in [-0.15, -0.1) is 0 Å². The van der Waals surface area contributed by atoms with Gasteiger partial charge in [-0.2, -0.15) is 0 Å². The van der Waals surface area contributed by atoms with Gasteiger partial charge >= 0.3 is 5.97 Å². The molecule has 0 aromatic heterocycles. The van der Waals surface area contributed by atoms with Crippen molar-refractivity contribution < 1.29 is 9.90 Å². The molecule has 0 aliphatic carbocycles. The molecule has 0 aliphatic heterocycles. The third-order valence-electron chi connectivity index (χ3n) is 3.17. The predicted octanol–water partition coefficient (Wildman–Crippen LogP) is 4.01. The van der Waals surface area contributed by atoms with E-state index in [1.54, 1.807) is 12.1 Å². The van der Waals surface area contributed by atoms with E-state index in [1.165, 1.54) is 0 Å². The molecule has 3 rings (SSSR count). The highest BCUT2D eigenvalue weighted by Crippen LogP contribution is 2.28. The Kier molecular flexibility index (Phi) is 2.76. The number of carbonyl (C=O) groups is 1. The van der Waals surface area contributed by atoms with Gasteiger partial charge in [0.15, 0.2) is 0 Å². The summed E-state index contributed by atoms with van der Waals surface area (Å²) in [5, 5.41) is 11.2. The molecular formula is C17H11O2. The lowest BCUT2D eigenvalue weighted by molar-refractivity contribution is 0.0697. The number of hydrogen-bond acceptors (Lipinski definition) is 1. The molecule has 2 nitrogen and oxygen atoms in total. The molecule has 91 valence electrons. The molecule has 3 aromatic carbocycles. The van der Waals surface area contributed by atoms with E-state index in [9.17, 15) is 4.79 Å². The Morgan fingerprint density at radius 1 is 1.00 bits per heavy atom. The average Bonchev–Trinajstić information content (AvgIpc) is 2.47. The van der Waals surface area contributed by atoms with Crippen molar-refractivity contribution >= 4 is 16.7 Å². The molecule has 19 heavy (non-hydrogen) atoms. The summed E-state index contributed by atoms with van der Waals surface area (Å²) in [6, 6.07) is 22.0. The third kappa shape index (κ3) is 2.08. The molecule has 1 N–H and O–H groups in total. The van der Waals surface area contributed by atoms with E-state index in [0.717, 1.165) is 21.9 Å². The summed E-state index contributed by atoms with van der Waals surface area (Å²) in [4.78, 5) is 10.9. The maximum absolute atomic E-state index is 10.9. The fourth-order valence-corrected chi connectivity index (χ4v) is 2.20. The summed E-state index contributed by atoms with van der Waals surface area (Å²) >= 11 is 0. The van der Waals surface area contributed by atoms with Crippen LogP contribution in [0.4, 0.5) is 0 Å². The van der Waals surface area contributed by atoms with Gasteiger partial charge in [-0.05, 0) is 46.2 Å². The van der Waals surface area contributed by atoms with Gasteiger partial charge in [-0.3, -0.25) is 0 Å². The summed E-state index contributed by atoms with van der Waals surface area (Å²) < 4.78 is 0. The number of fused-ring (bicyclic) bond motifs is 1. The minimum absolute atomic E-state index is 0.301. The maximum atomic E-state index is 10.9. The zero-order valence-electron chi connectivity index (χ0n) is 10.1. The van der Waals surface area contributed by atoms with Crippen LogP contribution in [-0.4, -0.2) is 11.1 Å². The molecule has 3 aromatic rings. The second-order valence-electron chi connectivity index (χ2n) is 4.34. The van der Waals surface area contributed by atoms with Crippen molar-refractivity contribution in [1.29, 1.82) is 0 Å². The van der Waals surface area contributed by atoms with Gasteiger partial charge in [0.05, 0.1) is 5.56 Å². The van der Waals surface area contributed by atoms with Crippen LogP contribution in [0.5, 0.6) is 0 Å². The van der Waals surface area contributed by atoms with Crippen LogP contribution in [0.25, 0.3) is 21.9 Å². The summed E-state index contributed by atoms with van der Waals surface area (Å²) in [6.45, 7) is 0. The first kappa shape index (κ1) is 11.5. The van der Waals surface area contributed by atoms with E-state index in [-0.39, 0.29) is 0 Å². The van der Waals surface area contributed by atoms with Crippen molar-refractivity contribution in [1.82, 2.24) is 0 Å². The second-order valence-corrected chi connectivity index (χ2v) is 4.34. The fraction of sp³-hybridized carbons (Fsp3) is 0. The van der Waals surface area contributed by atoms with E-state index in [4.69, 9.17) is 5.11 Å². The molecule has 2 heteroatoms. The summed E-state index contributed by atoms with van der Waals surface area (Å²) in [6.07, 6.45) is 0. The van der Waals surface area contributed by atoms with Crippen molar-refractivity contribution in [3.63, 3.8) is 0 Å². The van der Waals surface area contributed by atoms with Gasteiger partial charge in [0, 0.05) is 0 Å². The quantitative estimate of drug-likeness (QED) is 0.743. The highest BCUT2D eigenvalue weighted by atomic mass is 16.4. The third-order valence-corrected chi connectivity index (χ3v) is 3.17.